The molecule has 7 heteroatoms. The van der Waals surface area contributed by atoms with Gasteiger partial charge in [-0.2, -0.15) is 19.6 Å². The maximum atomic E-state index is 6.06. The van der Waals surface area contributed by atoms with Gasteiger partial charge < -0.3 is 9.47 Å². The molecule has 116 valence electrons. The van der Waals surface area contributed by atoms with E-state index in [1.165, 1.54) is 6.42 Å². The van der Waals surface area contributed by atoms with Crippen LogP contribution in [-0.4, -0.2) is 30.4 Å². The molecule has 1 saturated carbocycles. The van der Waals surface area contributed by atoms with Gasteiger partial charge in [0, 0.05) is 19.4 Å². The Hall–Kier alpha value is -0.280. The van der Waals surface area contributed by atoms with Crippen LogP contribution in [0.3, 0.4) is 0 Å². The van der Waals surface area contributed by atoms with E-state index >= 15 is 0 Å². The maximum Gasteiger partial charge on any atom is 0.304 e. The second kappa shape index (κ2) is 5.17. The van der Waals surface area contributed by atoms with E-state index in [0.717, 1.165) is 25.7 Å². The van der Waals surface area contributed by atoms with E-state index in [9.17, 15) is 0 Å². The molecule has 3 atom stereocenters. The van der Waals surface area contributed by atoms with Crippen LogP contribution in [0.2, 0.25) is 0 Å². The Morgan fingerprint density at radius 1 is 1.00 bits per heavy atom. The van der Waals surface area contributed by atoms with Crippen molar-refractivity contribution in [2.24, 2.45) is 0 Å². The molecule has 0 aromatic carbocycles. The molecule has 1 unspecified atom stereocenters. The summed E-state index contributed by atoms with van der Waals surface area (Å²) in [6.45, 7) is 4.79. The fourth-order valence-corrected chi connectivity index (χ4v) is 2.72. The second-order valence-electron chi connectivity index (χ2n) is 5.67. The van der Waals surface area contributed by atoms with Crippen molar-refractivity contribution in [2.45, 2.75) is 76.7 Å². The van der Waals surface area contributed by atoms with Gasteiger partial charge >= 0.3 is 6.48 Å². The molecule has 20 heavy (non-hydrogen) atoms. The van der Waals surface area contributed by atoms with Crippen molar-refractivity contribution in [1.82, 2.24) is 0 Å². The van der Waals surface area contributed by atoms with Crippen LogP contribution in [0, 0.1) is 0 Å². The van der Waals surface area contributed by atoms with Crippen LogP contribution in [0.5, 0.6) is 0 Å². The molecular weight excluding hydrogens is 268 g/mol. The van der Waals surface area contributed by atoms with Crippen LogP contribution in [0.1, 0.15) is 52.9 Å². The zero-order chi connectivity index (χ0) is 14.3. The van der Waals surface area contributed by atoms with Gasteiger partial charge in [-0.15, -0.1) is 0 Å². The van der Waals surface area contributed by atoms with E-state index in [4.69, 9.17) is 33.8 Å². The molecule has 2 heterocycles. The Morgan fingerprint density at radius 2 is 1.75 bits per heavy atom. The Kier molecular flexibility index (Phi) is 3.79. The lowest BCUT2D eigenvalue weighted by Gasteiger charge is -2.35. The summed E-state index contributed by atoms with van der Waals surface area (Å²) in [6, 6.07) is 0. The topological polar surface area (TPSA) is 64.6 Å². The molecule has 3 rings (SSSR count). The zero-order valence-electron chi connectivity index (χ0n) is 12.2. The highest BCUT2D eigenvalue weighted by Crippen LogP contribution is 2.49. The molecule has 2 saturated heterocycles. The fraction of sp³-hybridized carbons (Fsp3) is 1.00. The predicted molar refractivity (Wildman–Crippen MR) is 64.6 cm³/mol. The van der Waals surface area contributed by atoms with Gasteiger partial charge in [0.05, 0.1) is 0 Å². The summed E-state index contributed by atoms with van der Waals surface area (Å²) in [5.41, 5.74) is 0. The minimum Gasteiger partial charge on any atom is -0.328 e. The Labute approximate surface area is 118 Å². The quantitative estimate of drug-likeness (QED) is 0.739. The fourth-order valence-electron chi connectivity index (χ4n) is 2.72. The highest BCUT2D eigenvalue weighted by atomic mass is 17.4. The summed E-state index contributed by atoms with van der Waals surface area (Å²) in [5, 5.41) is 0. The van der Waals surface area contributed by atoms with Crippen LogP contribution >= 0.6 is 0 Å². The van der Waals surface area contributed by atoms with Gasteiger partial charge in [-0.05, 0) is 33.6 Å². The number of hydrogen-bond acceptors (Lipinski definition) is 7. The minimum atomic E-state index is -1.26. The average molecular weight is 290 g/mol. The SMILES string of the molecule is CCOC1OO[C@](C)([C@]2(C)OOC3(CCCCC3)O2)O1. The first kappa shape index (κ1) is 14.6. The summed E-state index contributed by atoms with van der Waals surface area (Å²) in [4.78, 5) is 21.2. The third-order valence-electron chi connectivity index (χ3n) is 4.08. The van der Waals surface area contributed by atoms with Gasteiger partial charge in [0.2, 0.25) is 5.79 Å². The molecule has 1 aliphatic carbocycles. The van der Waals surface area contributed by atoms with Crippen molar-refractivity contribution in [1.29, 1.82) is 0 Å². The number of ether oxygens (including phenoxy) is 3. The molecule has 0 N–H and O–H groups in total. The lowest BCUT2D eigenvalue weighted by Crippen LogP contribution is -2.53. The van der Waals surface area contributed by atoms with Crippen LogP contribution < -0.4 is 0 Å². The van der Waals surface area contributed by atoms with Crippen molar-refractivity contribution in [2.75, 3.05) is 6.61 Å². The van der Waals surface area contributed by atoms with Crippen LogP contribution in [0.15, 0.2) is 0 Å². The van der Waals surface area contributed by atoms with Crippen molar-refractivity contribution in [3.05, 3.63) is 0 Å². The van der Waals surface area contributed by atoms with E-state index in [0.29, 0.717) is 6.61 Å². The van der Waals surface area contributed by atoms with Gasteiger partial charge in [0.15, 0.2) is 0 Å². The third-order valence-corrected chi connectivity index (χ3v) is 4.08. The third kappa shape index (κ3) is 2.37. The van der Waals surface area contributed by atoms with Gasteiger partial charge in [-0.1, -0.05) is 6.42 Å². The summed E-state index contributed by atoms with van der Waals surface area (Å²) in [6.07, 6.45) is 4.89. The van der Waals surface area contributed by atoms with Gasteiger partial charge in [0.25, 0.3) is 11.6 Å². The molecule has 2 aliphatic heterocycles. The Morgan fingerprint density at radius 3 is 2.45 bits per heavy atom. The van der Waals surface area contributed by atoms with Crippen LogP contribution in [0.25, 0.3) is 0 Å². The largest absolute Gasteiger partial charge is 0.328 e. The summed E-state index contributed by atoms with van der Waals surface area (Å²) >= 11 is 0. The molecule has 0 bridgehead atoms. The van der Waals surface area contributed by atoms with E-state index in [1.807, 2.05) is 6.92 Å². The maximum absolute atomic E-state index is 6.06. The summed E-state index contributed by atoms with van der Waals surface area (Å²) < 4.78 is 16.9. The highest BCUT2D eigenvalue weighted by molar-refractivity contribution is 4.89. The normalized spacial score (nSPS) is 44.2. The van der Waals surface area contributed by atoms with E-state index < -0.39 is 23.8 Å². The molecule has 1 spiro atoms. The van der Waals surface area contributed by atoms with E-state index in [-0.39, 0.29) is 0 Å². The lowest BCUT2D eigenvalue weighted by molar-refractivity contribution is -0.437. The molecule has 3 fully saturated rings. The predicted octanol–water partition coefficient (Wildman–Crippen LogP) is 2.36. The Balaban J connectivity index is 1.70. The monoisotopic (exact) mass is 290 g/mol. The van der Waals surface area contributed by atoms with Crippen molar-refractivity contribution >= 4 is 0 Å². The standard InChI is InChI=1S/C13H22O7/c1-4-14-10-15-11(2,18-16-10)12(3)17-13(20-19-12)8-6-5-7-9-13/h10H,4-9H2,1-3H3/t10?,11-,12+/m1/s1. The summed E-state index contributed by atoms with van der Waals surface area (Å²) in [7, 11) is 0. The molecular formula is C13H22O7. The van der Waals surface area contributed by atoms with Crippen LogP contribution in [-0.2, 0) is 33.8 Å². The average Bonchev–Trinajstić information content (AvgIpc) is 2.96. The van der Waals surface area contributed by atoms with Gasteiger partial charge in [-0.3, -0.25) is 4.74 Å². The molecule has 3 aliphatic rings. The molecule has 0 aromatic rings. The molecule has 0 radical (unpaired) electrons. The first-order valence-corrected chi connectivity index (χ1v) is 7.22. The highest BCUT2D eigenvalue weighted by Gasteiger charge is 2.65. The number of hydrogen-bond donors (Lipinski definition) is 0. The van der Waals surface area contributed by atoms with Crippen molar-refractivity contribution in [3.8, 4) is 0 Å². The molecule has 0 aromatic heterocycles. The smallest absolute Gasteiger partial charge is 0.304 e. The Bertz CT molecular complexity index is 357. The minimum absolute atomic E-state index is 0.447. The zero-order valence-corrected chi connectivity index (χ0v) is 12.2. The van der Waals surface area contributed by atoms with Gasteiger partial charge in [0.1, 0.15) is 0 Å². The van der Waals surface area contributed by atoms with Gasteiger partial charge in [-0.25, -0.2) is 0 Å². The van der Waals surface area contributed by atoms with E-state index in [2.05, 4.69) is 0 Å². The first-order chi connectivity index (χ1) is 9.51. The molecule has 0 amide bonds. The first-order valence-electron chi connectivity index (χ1n) is 7.22. The van der Waals surface area contributed by atoms with Crippen LogP contribution in [0.4, 0.5) is 0 Å². The lowest BCUT2D eigenvalue weighted by atomic mass is 9.94. The molecule has 7 nitrogen and oxygen atoms in total. The number of rotatable bonds is 3. The second-order valence-corrected chi connectivity index (χ2v) is 5.67. The van der Waals surface area contributed by atoms with Crippen molar-refractivity contribution in [3.63, 3.8) is 0 Å². The summed E-state index contributed by atoms with van der Waals surface area (Å²) in [5.74, 6) is -3.17. The van der Waals surface area contributed by atoms with Crippen molar-refractivity contribution < 1.29 is 33.8 Å². The van der Waals surface area contributed by atoms with E-state index in [1.54, 1.807) is 13.8 Å².